The third-order valence-corrected chi connectivity index (χ3v) is 3.17. The van der Waals surface area contributed by atoms with Crippen molar-refractivity contribution in [2.75, 3.05) is 13.1 Å². The molecule has 0 spiro atoms. The van der Waals surface area contributed by atoms with Gasteiger partial charge in [0.05, 0.1) is 4.92 Å². The molecule has 1 aromatic rings. The maximum Gasteiger partial charge on any atom is 0.312 e. The van der Waals surface area contributed by atoms with Crippen molar-refractivity contribution in [1.82, 2.24) is 5.32 Å². The summed E-state index contributed by atoms with van der Waals surface area (Å²) < 4.78 is 6.42. The number of nitrogens with one attached hydrogen (secondary N) is 1. The number of nitrogens with zero attached hydrogens (tertiary/aromatic N) is 1. The van der Waals surface area contributed by atoms with Gasteiger partial charge >= 0.3 is 5.69 Å². The molecule has 1 heterocycles. The van der Waals surface area contributed by atoms with Crippen molar-refractivity contribution in [3.8, 4) is 5.75 Å². The van der Waals surface area contributed by atoms with Gasteiger partial charge in [0.1, 0.15) is 6.10 Å². The number of rotatable bonds is 3. The Kier molecular flexibility index (Phi) is 3.63. The molecule has 2 rings (SSSR count). The number of hydrogen-bond acceptors (Lipinski definition) is 4. The van der Waals surface area contributed by atoms with E-state index in [4.69, 9.17) is 4.74 Å². The van der Waals surface area contributed by atoms with E-state index >= 15 is 0 Å². The van der Waals surface area contributed by atoms with E-state index in [1.54, 1.807) is 0 Å². The molecule has 1 saturated heterocycles. The minimum Gasteiger partial charge on any atom is -0.482 e. The first-order valence-electron chi connectivity index (χ1n) is 5.40. The van der Waals surface area contributed by atoms with E-state index in [0.29, 0.717) is 10.2 Å². The summed E-state index contributed by atoms with van der Waals surface area (Å²) in [5.74, 6) is 0.381. The second-order valence-corrected chi connectivity index (χ2v) is 4.98. The monoisotopic (exact) mass is 300 g/mol. The largest absolute Gasteiger partial charge is 0.482 e. The predicted octanol–water partition coefficient (Wildman–Crippen LogP) is 2.41. The van der Waals surface area contributed by atoms with Crippen molar-refractivity contribution in [1.29, 1.82) is 0 Å². The molecule has 17 heavy (non-hydrogen) atoms. The lowest BCUT2D eigenvalue weighted by molar-refractivity contribution is -0.386. The van der Waals surface area contributed by atoms with Gasteiger partial charge in [-0.25, -0.2) is 0 Å². The molecule has 0 saturated carbocycles. The van der Waals surface area contributed by atoms with E-state index in [2.05, 4.69) is 21.2 Å². The van der Waals surface area contributed by atoms with Gasteiger partial charge in [0.15, 0.2) is 5.75 Å². The van der Waals surface area contributed by atoms with Crippen molar-refractivity contribution in [3.05, 3.63) is 32.3 Å². The number of nitro benzene ring substituents is 1. The molecule has 0 unspecified atom stereocenters. The van der Waals surface area contributed by atoms with E-state index in [0.717, 1.165) is 25.1 Å². The molecule has 5 nitrogen and oxygen atoms in total. The Morgan fingerprint density at radius 1 is 1.59 bits per heavy atom. The molecule has 1 aliphatic rings. The number of halogens is 1. The maximum absolute atomic E-state index is 11.0. The number of nitro groups is 1. The van der Waals surface area contributed by atoms with Crippen LogP contribution in [0.1, 0.15) is 12.0 Å². The zero-order valence-electron chi connectivity index (χ0n) is 9.40. The summed E-state index contributed by atoms with van der Waals surface area (Å²) in [4.78, 5) is 10.6. The smallest absolute Gasteiger partial charge is 0.312 e. The molecule has 0 aromatic heterocycles. The van der Waals surface area contributed by atoms with Crippen LogP contribution in [0, 0.1) is 17.0 Å². The normalized spacial score (nSPS) is 19.3. The fraction of sp³-hybridized carbons (Fsp3) is 0.455. The average molecular weight is 301 g/mol. The highest BCUT2D eigenvalue weighted by molar-refractivity contribution is 9.10. The van der Waals surface area contributed by atoms with Crippen LogP contribution in [-0.4, -0.2) is 24.1 Å². The summed E-state index contributed by atoms with van der Waals surface area (Å²) in [6.45, 7) is 3.45. The highest BCUT2D eigenvalue weighted by atomic mass is 79.9. The van der Waals surface area contributed by atoms with Gasteiger partial charge in [0.25, 0.3) is 0 Å². The Morgan fingerprint density at radius 3 is 2.94 bits per heavy atom. The summed E-state index contributed by atoms with van der Waals surface area (Å²) in [6, 6.07) is 3.30. The molecule has 1 N–H and O–H groups in total. The minimum absolute atomic E-state index is 0.0174. The van der Waals surface area contributed by atoms with Crippen LogP contribution in [0.2, 0.25) is 0 Å². The number of ether oxygens (including phenoxy) is 1. The molecule has 0 bridgehead atoms. The Balaban J connectivity index is 2.33. The highest BCUT2D eigenvalue weighted by Gasteiger charge is 2.24. The van der Waals surface area contributed by atoms with E-state index in [1.165, 1.54) is 6.07 Å². The van der Waals surface area contributed by atoms with Gasteiger partial charge in [-0.05, 0) is 31.5 Å². The van der Waals surface area contributed by atoms with Crippen molar-refractivity contribution in [2.45, 2.75) is 19.4 Å². The lowest BCUT2D eigenvalue weighted by Gasteiger charge is -2.14. The molecular weight excluding hydrogens is 288 g/mol. The first-order valence-corrected chi connectivity index (χ1v) is 6.19. The minimum atomic E-state index is -0.407. The van der Waals surface area contributed by atoms with Crippen LogP contribution in [0.5, 0.6) is 5.75 Å². The fourth-order valence-electron chi connectivity index (χ4n) is 1.90. The van der Waals surface area contributed by atoms with Gasteiger partial charge in [-0.1, -0.05) is 15.9 Å². The fourth-order valence-corrected chi connectivity index (χ4v) is 2.46. The van der Waals surface area contributed by atoms with Gasteiger partial charge in [-0.3, -0.25) is 10.1 Å². The van der Waals surface area contributed by atoms with Crippen LogP contribution in [0.4, 0.5) is 5.69 Å². The summed E-state index contributed by atoms with van der Waals surface area (Å²) in [7, 11) is 0. The molecule has 1 aliphatic heterocycles. The average Bonchev–Trinajstić information content (AvgIpc) is 2.74. The molecule has 1 atom stereocenters. The van der Waals surface area contributed by atoms with Gasteiger partial charge in [0, 0.05) is 17.1 Å². The SMILES string of the molecule is Cc1cc(Br)cc([N+](=O)[O-])c1O[C@@H]1CCNC1. The van der Waals surface area contributed by atoms with Gasteiger partial charge < -0.3 is 10.1 Å². The summed E-state index contributed by atoms with van der Waals surface area (Å²) in [6.07, 6.45) is 0.903. The lowest BCUT2D eigenvalue weighted by Crippen LogP contribution is -2.20. The number of hydrogen-bond donors (Lipinski definition) is 1. The third kappa shape index (κ3) is 2.76. The molecule has 0 radical (unpaired) electrons. The van der Waals surface area contributed by atoms with Crippen molar-refractivity contribution in [3.63, 3.8) is 0 Å². The van der Waals surface area contributed by atoms with Crippen LogP contribution < -0.4 is 10.1 Å². The Morgan fingerprint density at radius 2 is 2.35 bits per heavy atom. The van der Waals surface area contributed by atoms with E-state index < -0.39 is 4.92 Å². The van der Waals surface area contributed by atoms with E-state index in [1.807, 2.05) is 13.0 Å². The van der Waals surface area contributed by atoms with Crippen LogP contribution in [0.25, 0.3) is 0 Å². The van der Waals surface area contributed by atoms with Crippen molar-refractivity contribution < 1.29 is 9.66 Å². The zero-order chi connectivity index (χ0) is 12.4. The molecule has 6 heteroatoms. The summed E-state index contributed by atoms with van der Waals surface area (Å²) in [5.41, 5.74) is 0.793. The second-order valence-electron chi connectivity index (χ2n) is 4.06. The Hall–Kier alpha value is -1.14. The third-order valence-electron chi connectivity index (χ3n) is 2.72. The molecule has 1 fully saturated rings. The summed E-state index contributed by atoms with van der Waals surface area (Å²) in [5, 5.41) is 14.2. The van der Waals surface area contributed by atoms with Gasteiger partial charge in [-0.15, -0.1) is 0 Å². The second kappa shape index (κ2) is 5.01. The zero-order valence-corrected chi connectivity index (χ0v) is 11.0. The Bertz CT molecular complexity index is 445. The quantitative estimate of drug-likeness (QED) is 0.688. The van der Waals surface area contributed by atoms with Crippen molar-refractivity contribution >= 4 is 21.6 Å². The van der Waals surface area contributed by atoms with Crippen LogP contribution in [0.3, 0.4) is 0 Å². The first-order chi connectivity index (χ1) is 8.08. The molecule has 0 aliphatic carbocycles. The number of benzene rings is 1. The van der Waals surface area contributed by atoms with Gasteiger partial charge in [-0.2, -0.15) is 0 Å². The van der Waals surface area contributed by atoms with Crippen LogP contribution in [-0.2, 0) is 0 Å². The van der Waals surface area contributed by atoms with E-state index in [9.17, 15) is 10.1 Å². The molecular formula is C11H13BrN2O3. The molecule has 0 amide bonds. The predicted molar refractivity (Wildman–Crippen MR) is 67.4 cm³/mol. The lowest BCUT2D eigenvalue weighted by atomic mass is 10.2. The maximum atomic E-state index is 11.0. The molecule has 92 valence electrons. The van der Waals surface area contributed by atoms with Crippen LogP contribution >= 0.6 is 15.9 Å². The first kappa shape index (κ1) is 12.3. The number of aryl methyl sites for hydroxylation is 1. The van der Waals surface area contributed by atoms with Crippen LogP contribution in [0.15, 0.2) is 16.6 Å². The summed E-state index contributed by atoms with van der Waals surface area (Å²) >= 11 is 3.26. The Labute approximate surface area is 107 Å². The van der Waals surface area contributed by atoms with Gasteiger partial charge in [0.2, 0.25) is 0 Å². The van der Waals surface area contributed by atoms with Crippen molar-refractivity contribution in [2.24, 2.45) is 0 Å². The topological polar surface area (TPSA) is 64.4 Å². The highest BCUT2D eigenvalue weighted by Crippen LogP contribution is 2.35. The standard InChI is InChI=1S/C11H13BrN2O3/c1-7-4-8(12)5-10(14(15)16)11(7)17-9-2-3-13-6-9/h4-5,9,13H,2-3,6H2,1H3/t9-/m1/s1. The molecule has 1 aromatic carbocycles. The van der Waals surface area contributed by atoms with E-state index in [-0.39, 0.29) is 11.8 Å².